The minimum Gasteiger partial charge on any atom is -0.478 e. The number of carboxylic acids is 1. The zero-order chi connectivity index (χ0) is 14.4. The lowest BCUT2D eigenvalue weighted by molar-refractivity contribution is -0.142. The van der Waals surface area contributed by atoms with Crippen LogP contribution in [0.25, 0.3) is 0 Å². The van der Waals surface area contributed by atoms with Crippen LogP contribution in [0.15, 0.2) is 24.3 Å². The lowest BCUT2D eigenvalue weighted by atomic mass is 10.2. The van der Waals surface area contributed by atoms with E-state index in [-0.39, 0.29) is 5.56 Å². The third-order valence-electron chi connectivity index (χ3n) is 2.27. The summed E-state index contributed by atoms with van der Waals surface area (Å²) < 4.78 is 4.45. The first-order chi connectivity index (χ1) is 8.93. The van der Waals surface area contributed by atoms with Crippen LogP contribution in [0.3, 0.4) is 0 Å². The summed E-state index contributed by atoms with van der Waals surface area (Å²) in [6.45, 7) is 1.47. The maximum atomic E-state index is 11.5. The minimum atomic E-state index is -1.09. The van der Waals surface area contributed by atoms with Gasteiger partial charge in [-0.2, -0.15) is 0 Å². The molecule has 1 aromatic carbocycles. The van der Waals surface area contributed by atoms with Gasteiger partial charge in [-0.1, -0.05) is 6.07 Å². The molecule has 1 rings (SSSR count). The zero-order valence-electron chi connectivity index (χ0n) is 10.5. The molecule has 2 amide bonds. The molecule has 0 heterocycles. The number of aromatic carboxylic acids is 1. The summed E-state index contributed by atoms with van der Waals surface area (Å²) in [5.74, 6) is -1.67. The minimum absolute atomic E-state index is 0.0545. The van der Waals surface area contributed by atoms with Crippen LogP contribution in [-0.4, -0.2) is 36.2 Å². The van der Waals surface area contributed by atoms with Gasteiger partial charge in [0.25, 0.3) is 0 Å². The highest BCUT2D eigenvalue weighted by Crippen LogP contribution is 2.10. The average molecular weight is 266 g/mol. The molecule has 0 aromatic heterocycles. The van der Waals surface area contributed by atoms with E-state index in [0.717, 1.165) is 0 Å². The molecular weight excluding hydrogens is 252 g/mol. The van der Waals surface area contributed by atoms with E-state index in [9.17, 15) is 14.4 Å². The van der Waals surface area contributed by atoms with Gasteiger partial charge >= 0.3 is 18.0 Å². The van der Waals surface area contributed by atoms with Gasteiger partial charge in [0.2, 0.25) is 0 Å². The van der Waals surface area contributed by atoms with Crippen LogP contribution in [0.5, 0.6) is 0 Å². The predicted octanol–water partition coefficient (Wildman–Crippen LogP) is 1.07. The Bertz CT molecular complexity index is 501. The molecule has 7 heteroatoms. The van der Waals surface area contributed by atoms with Crippen LogP contribution in [0, 0.1) is 0 Å². The van der Waals surface area contributed by atoms with Gasteiger partial charge in [-0.15, -0.1) is 0 Å². The number of esters is 1. The van der Waals surface area contributed by atoms with Crippen molar-refractivity contribution in [2.45, 2.75) is 13.0 Å². The molecule has 0 saturated carbocycles. The number of anilines is 1. The van der Waals surface area contributed by atoms with E-state index >= 15 is 0 Å². The fourth-order valence-corrected chi connectivity index (χ4v) is 1.33. The number of benzene rings is 1. The first-order valence-electron chi connectivity index (χ1n) is 5.42. The molecule has 0 radical (unpaired) electrons. The van der Waals surface area contributed by atoms with Gasteiger partial charge in [-0.25, -0.2) is 14.4 Å². The molecule has 0 spiro atoms. The van der Waals surface area contributed by atoms with E-state index in [2.05, 4.69) is 15.4 Å². The first kappa shape index (κ1) is 14.5. The quantitative estimate of drug-likeness (QED) is 0.707. The van der Waals surface area contributed by atoms with E-state index in [1.807, 2.05) is 0 Å². The highest BCUT2D eigenvalue weighted by Gasteiger charge is 2.15. The van der Waals surface area contributed by atoms with Gasteiger partial charge in [0.15, 0.2) is 0 Å². The van der Waals surface area contributed by atoms with Crippen LogP contribution in [0.1, 0.15) is 17.3 Å². The van der Waals surface area contributed by atoms with Crippen molar-refractivity contribution in [2.75, 3.05) is 12.4 Å². The highest BCUT2D eigenvalue weighted by atomic mass is 16.5. The summed E-state index contributed by atoms with van der Waals surface area (Å²) in [7, 11) is 1.22. The maximum absolute atomic E-state index is 11.5. The third kappa shape index (κ3) is 4.30. The van der Waals surface area contributed by atoms with Crippen molar-refractivity contribution in [3.63, 3.8) is 0 Å². The SMILES string of the molecule is COC(=O)C(C)NC(=O)Nc1cccc(C(=O)O)c1. The number of nitrogens with one attached hydrogen (secondary N) is 2. The standard InChI is InChI=1S/C12H14N2O5/c1-7(11(17)19-2)13-12(18)14-9-5-3-4-8(6-9)10(15)16/h3-7H,1-2H3,(H,15,16)(H2,13,14,18). The Labute approximate surface area is 109 Å². The number of rotatable bonds is 4. The first-order valence-corrected chi connectivity index (χ1v) is 5.42. The Morgan fingerprint density at radius 3 is 2.58 bits per heavy atom. The van der Waals surface area contributed by atoms with Crippen molar-refractivity contribution in [2.24, 2.45) is 0 Å². The Hall–Kier alpha value is -2.57. The normalized spacial score (nSPS) is 11.3. The molecular formula is C12H14N2O5. The molecule has 0 aliphatic rings. The van der Waals surface area contributed by atoms with Crippen LogP contribution in [0.2, 0.25) is 0 Å². The largest absolute Gasteiger partial charge is 0.478 e. The summed E-state index contributed by atoms with van der Waals surface area (Å²) in [5.41, 5.74) is 0.369. The van der Waals surface area contributed by atoms with Crippen molar-refractivity contribution in [1.82, 2.24) is 5.32 Å². The number of carbonyl (C=O) groups is 3. The van der Waals surface area contributed by atoms with Gasteiger partial charge in [-0.05, 0) is 25.1 Å². The second-order valence-electron chi connectivity index (χ2n) is 3.73. The number of methoxy groups -OCH3 is 1. The topological polar surface area (TPSA) is 105 Å². The lowest BCUT2D eigenvalue weighted by Crippen LogP contribution is -2.41. The molecule has 3 N–H and O–H groups in total. The van der Waals surface area contributed by atoms with Gasteiger partial charge in [0, 0.05) is 5.69 Å². The molecule has 0 aliphatic carbocycles. The van der Waals surface area contributed by atoms with Crippen LogP contribution < -0.4 is 10.6 Å². The maximum Gasteiger partial charge on any atom is 0.335 e. The summed E-state index contributed by atoms with van der Waals surface area (Å²) >= 11 is 0. The van der Waals surface area contributed by atoms with Crippen LogP contribution >= 0.6 is 0 Å². The summed E-state index contributed by atoms with van der Waals surface area (Å²) in [6.07, 6.45) is 0. The Kier molecular flexibility index (Phi) is 4.87. The summed E-state index contributed by atoms with van der Waals surface area (Å²) in [4.78, 5) is 33.4. The molecule has 1 atom stereocenters. The second-order valence-corrected chi connectivity index (χ2v) is 3.73. The lowest BCUT2D eigenvalue weighted by Gasteiger charge is -2.12. The van der Waals surface area contributed by atoms with E-state index in [0.29, 0.717) is 5.69 Å². The second kappa shape index (κ2) is 6.39. The number of hydrogen-bond acceptors (Lipinski definition) is 4. The molecule has 102 valence electrons. The average Bonchev–Trinajstić information content (AvgIpc) is 2.37. The van der Waals surface area contributed by atoms with Crippen molar-refractivity contribution in [1.29, 1.82) is 0 Å². The monoisotopic (exact) mass is 266 g/mol. The molecule has 1 unspecified atom stereocenters. The Morgan fingerprint density at radius 2 is 2.00 bits per heavy atom. The fraction of sp³-hybridized carbons (Fsp3) is 0.250. The molecule has 0 aliphatic heterocycles. The molecule has 19 heavy (non-hydrogen) atoms. The predicted molar refractivity (Wildman–Crippen MR) is 67.0 cm³/mol. The third-order valence-corrected chi connectivity index (χ3v) is 2.27. The van der Waals surface area contributed by atoms with E-state index in [1.165, 1.54) is 38.3 Å². The number of ether oxygens (including phenoxy) is 1. The molecule has 0 saturated heterocycles. The number of carboxylic acid groups (broad SMARTS) is 1. The number of carbonyl (C=O) groups excluding carboxylic acids is 2. The molecule has 0 fully saturated rings. The number of urea groups is 1. The fourth-order valence-electron chi connectivity index (χ4n) is 1.33. The van der Waals surface area contributed by atoms with E-state index in [1.54, 1.807) is 0 Å². The van der Waals surface area contributed by atoms with E-state index < -0.39 is 24.0 Å². The van der Waals surface area contributed by atoms with Crippen molar-refractivity contribution in [3.05, 3.63) is 29.8 Å². The smallest absolute Gasteiger partial charge is 0.335 e. The molecule has 7 nitrogen and oxygen atoms in total. The molecule has 1 aromatic rings. The molecule has 0 bridgehead atoms. The number of hydrogen-bond donors (Lipinski definition) is 3. The summed E-state index contributed by atoms with van der Waals surface area (Å²) in [5, 5.41) is 13.6. The van der Waals surface area contributed by atoms with Gasteiger partial charge in [0.1, 0.15) is 6.04 Å². The Balaban J connectivity index is 2.64. The van der Waals surface area contributed by atoms with Crippen LogP contribution in [0.4, 0.5) is 10.5 Å². The van der Waals surface area contributed by atoms with Gasteiger partial charge < -0.3 is 20.5 Å². The number of amides is 2. The van der Waals surface area contributed by atoms with Gasteiger partial charge in [0.05, 0.1) is 12.7 Å². The van der Waals surface area contributed by atoms with E-state index in [4.69, 9.17) is 5.11 Å². The Morgan fingerprint density at radius 1 is 1.32 bits per heavy atom. The summed E-state index contributed by atoms with van der Waals surface area (Å²) in [6, 6.07) is 4.33. The highest BCUT2D eigenvalue weighted by molar-refractivity contribution is 5.94. The van der Waals surface area contributed by atoms with Crippen molar-refractivity contribution in [3.8, 4) is 0 Å². The van der Waals surface area contributed by atoms with Crippen LogP contribution in [-0.2, 0) is 9.53 Å². The van der Waals surface area contributed by atoms with Crippen molar-refractivity contribution < 1.29 is 24.2 Å². The zero-order valence-corrected chi connectivity index (χ0v) is 10.5. The van der Waals surface area contributed by atoms with Gasteiger partial charge in [-0.3, -0.25) is 0 Å². The van der Waals surface area contributed by atoms with Crippen molar-refractivity contribution >= 4 is 23.7 Å².